The highest BCUT2D eigenvalue weighted by Gasteiger charge is 2.42. The lowest BCUT2D eigenvalue weighted by Crippen LogP contribution is -2.32. The Hall–Kier alpha value is -3.93. The van der Waals surface area contributed by atoms with Crippen LogP contribution in [0, 0.1) is 6.92 Å². The summed E-state index contributed by atoms with van der Waals surface area (Å²) in [5.41, 5.74) is 6.52. The van der Waals surface area contributed by atoms with E-state index in [2.05, 4.69) is 113 Å². The van der Waals surface area contributed by atoms with Gasteiger partial charge in [-0.25, -0.2) is 4.79 Å². The van der Waals surface area contributed by atoms with Gasteiger partial charge in [0.15, 0.2) is 0 Å². The fourth-order valence-corrected chi connectivity index (χ4v) is 5.92. The number of anilines is 1. The molecule has 40 heavy (non-hydrogen) atoms. The van der Waals surface area contributed by atoms with Gasteiger partial charge in [-0.3, -0.25) is 9.59 Å². The Bertz CT molecular complexity index is 1370. The van der Waals surface area contributed by atoms with Crippen molar-refractivity contribution < 1.29 is 19.2 Å². The summed E-state index contributed by atoms with van der Waals surface area (Å²) in [6.07, 6.45) is 7.89. The van der Waals surface area contributed by atoms with Crippen molar-refractivity contribution in [3.8, 4) is 0 Å². The van der Waals surface area contributed by atoms with E-state index in [0.29, 0.717) is 17.9 Å². The molecule has 0 bridgehead atoms. The average molecular weight is 541 g/mol. The molecule has 0 saturated carbocycles. The van der Waals surface area contributed by atoms with Crippen LogP contribution in [-0.2, 0) is 30.1 Å². The minimum absolute atomic E-state index is 0.0874. The van der Waals surface area contributed by atoms with E-state index < -0.39 is 17.8 Å². The Labute approximate surface area is 238 Å². The molecule has 2 aromatic rings. The maximum absolute atomic E-state index is 12.5. The number of carbonyl (C=O) groups excluding carboxylic acids is 3. The first-order chi connectivity index (χ1) is 19.0. The van der Waals surface area contributed by atoms with Crippen LogP contribution >= 0.6 is 0 Å². The van der Waals surface area contributed by atoms with Crippen molar-refractivity contribution in [1.29, 1.82) is 0 Å². The topological polar surface area (TPSA) is 66.9 Å². The fourth-order valence-electron chi connectivity index (χ4n) is 5.92. The maximum atomic E-state index is 12.5. The van der Waals surface area contributed by atoms with Crippen LogP contribution < -0.4 is 4.90 Å². The molecule has 0 aromatic heterocycles. The summed E-state index contributed by atoms with van der Waals surface area (Å²) in [5.74, 6) is -1.48. The van der Waals surface area contributed by atoms with Crippen LogP contribution in [0.3, 0.4) is 0 Å². The number of rotatable bonds is 10. The number of nitrogens with zero attached hydrogens (tertiary/aromatic N) is 2. The number of imide groups is 1. The Morgan fingerprint density at radius 3 is 2.40 bits per heavy atom. The van der Waals surface area contributed by atoms with Gasteiger partial charge in [-0.1, -0.05) is 75.0 Å². The van der Waals surface area contributed by atoms with E-state index in [1.165, 1.54) is 22.4 Å². The number of para-hydroxylation sites is 1. The quantitative estimate of drug-likeness (QED) is 0.244. The first-order valence-electron chi connectivity index (χ1n) is 14.1. The van der Waals surface area contributed by atoms with Crippen LogP contribution in [0.5, 0.6) is 0 Å². The molecule has 2 aromatic carbocycles. The van der Waals surface area contributed by atoms with Crippen molar-refractivity contribution in [2.75, 3.05) is 11.4 Å². The van der Waals surface area contributed by atoms with E-state index >= 15 is 0 Å². The Balaban J connectivity index is 1.54. The van der Waals surface area contributed by atoms with Crippen LogP contribution in [0.25, 0.3) is 0 Å². The van der Waals surface area contributed by atoms with Gasteiger partial charge in [0.05, 0.1) is 0 Å². The second-order valence-electron chi connectivity index (χ2n) is 11.4. The van der Waals surface area contributed by atoms with Crippen molar-refractivity contribution >= 4 is 23.5 Å². The van der Waals surface area contributed by atoms with Crippen molar-refractivity contribution in [2.45, 2.75) is 77.6 Å². The van der Waals surface area contributed by atoms with Gasteiger partial charge in [0, 0.05) is 48.0 Å². The molecule has 1 unspecified atom stereocenters. The average Bonchev–Trinajstić information content (AvgIpc) is 3.36. The van der Waals surface area contributed by atoms with Gasteiger partial charge < -0.3 is 9.74 Å². The molecule has 1 saturated heterocycles. The number of allylic oxidation sites excluding steroid dienone is 5. The summed E-state index contributed by atoms with van der Waals surface area (Å²) in [6.45, 7) is 16.1. The van der Waals surface area contributed by atoms with Gasteiger partial charge in [0.1, 0.15) is 0 Å². The molecule has 0 radical (unpaired) electrons. The van der Waals surface area contributed by atoms with Crippen molar-refractivity contribution in [1.82, 2.24) is 5.06 Å². The highest BCUT2D eigenvalue weighted by Crippen LogP contribution is 2.50. The summed E-state index contributed by atoms with van der Waals surface area (Å²) < 4.78 is 0. The van der Waals surface area contributed by atoms with Crippen molar-refractivity contribution in [3.05, 3.63) is 101 Å². The Morgan fingerprint density at radius 1 is 1.07 bits per heavy atom. The fraction of sp³-hybridized carbons (Fsp3) is 0.382. The van der Waals surface area contributed by atoms with Crippen molar-refractivity contribution in [2.24, 2.45) is 0 Å². The standard InChI is InChI=1S/C34H40N2O4/c1-7-35-28-18-11-10-17-27(28)34(6,23-13-20-32(39)40-36-30(37)21-22-31(36)38)29(35)19-12-15-25(3)33(4,5)26-16-9-8-14-24(26)2/h8-12,14-19H,3,7,13,20-23H2,1-2,4-6H3/b15-12+,29-19+. The van der Waals surface area contributed by atoms with E-state index in [1.807, 2.05) is 0 Å². The monoisotopic (exact) mass is 540 g/mol. The third-order valence-corrected chi connectivity index (χ3v) is 8.39. The molecule has 4 rings (SSSR count). The van der Waals surface area contributed by atoms with E-state index in [0.717, 1.165) is 17.8 Å². The SMILES string of the molecule is C=C(/C=C/C=C1/N(CC)c2ccccc2C1(C)CCCC(=O)ON1C(=O)CCC1=O)C(C)(C)c1ccccc1C. The lowest BCUT2D eigenvalue weighted by atomic mass is 9.76. The molecule has 0 aliphatic carbocycles. The normalized spacial score (nSPS) is 20.1. The van der Waals surface area contributed by atoms with E-state index in [9.17, 15) is 14.4 Å². The van der Waals surface area contributed by atoms with Crippen LogP contribution in [-0.4, -0.2) is 29.4 Å². The number of hydrogen-bond acceptors (Lipinski definition) is 5. The summed E-state index contributed by atoms with van der Waals surface area (Å²) in [6, 6.07) is 16.8. The predicted molar refractivity (Wildman–Crippen MR) is 158 cm³/mol. The van der Waals surface area contributed by atoms with E-state index in [4.69, 9.17) is 4.84 Å². The van der Waals surface area contributed by atoms with Gasteiger partial charge in [-0.05, 0) is 68.0 Å². The molecule has 2 aliphatic heterocycles. The zero-order chi connectivity index (χ0) is 29.1. The number of fused-ring (bicyclic) bond motifs is 1. The number of benzene rings is 2. The summed E-state index contributed by atoms with van der Waals surface area (Å²) in [5, 5.41) is 0.620. The van der Waals surface area contributed by atoms with Crippen molar-refractivity contribution in [3.63, 3.8) is 0 Å². The smallest absolute Gasteiger partial charge is 0.333 e. The van der Waals surface area contributed by atoms with Crippen LogP contribution in [0.2, 0.25) is 0 Å². The number of likely N-dealkylation sites (N-methyl/N-ethyl adjacent to an activating group) is 1. The summed E-state index contributed by atoms with van der Waals surface area (Å²) in [4.78, 5) is 43.5. The minimum Gasteiger partial charge on any atom is -0.344 e. The molecule has 0 spiro atoms. The van der Waals surface area contributed by atoms with Gasteiger partial charge >= 0.3 is 5.97 Å². The summed E-state index contributed by atoms with van der Waals surface area (Å²) in [7, 11) is 0. The third kappa shape index (κ3) is 5.53. The zero-order valence-electron chi connectivity index (χ0n) is 24.3. The van der Waals surface area contributed by atoms with Crippen LogP contribution in [0.15, 0.2) is 84.6 Å². The van der Waals surface area contributed by atoms with Gasteiger partial charge in [0.25, 0.3) is 11.8 Å². The molecule has 0 N–H and O–H groups in total. The highest BCUT2D eigenvalue weighted by molar-refractivity contribution is 6.01. The molecule has 2 heterocycles. The molecule has 2 amide bonds. The van der Waals surface area contributed by atoms with Crippen LogP contribution in [0.1, 0.15) is 76.5 Å². The predicted octanol–water partition coefficient (Wildman–Crippen LogP) is 6.84. The Morgan fingerprint density at radius 2 is 1.73 bits per heavy atom. The molecule has 6 heteroatoms. The van der Waals surface area contributed by atoms with Crippen LogP contribution in [0.4, 0.5) is 5.69 Å². The molecular formula is C34H40N2O4. The molecule has 210 valence electrons. The van der Waals surface area contributed by atoms with E-state index in [1.54, 1.807) is 0 Å². The number of amides is 2. The molecule has 2 aliphatic rings. The molecule has 1 atom stereocenters. The van der Waals surface area contributed by atoms with E-state index in [-0.39, 0.29) is 30.1 Å². The number of hydrogen-bond donors (Lipinski definition) is 0. The molecule has 1 fully saturated rings. The number of carbonyl (C=O) groups is 3. The number of aryl methyl sites for hydroxylation is 1. The zero-order valence-corrected chi connectivity index (χ0v) is 24.3. The maximum Gasteiger partial charge on any atom is 0.333 e. The first kappa shape index (κ1) is 29.1. The van der Waals surface area contributed by atoms with Gasteiger partial charge in [-0.15, -0.1) is 5.06 Å². The third-order valence-electron chi connectivity index (χ3n) is 8.39. The second kappa shape index (κ2) is 11.7. The first-order valence-corrected chi connectivity index (χ1v) is 14.1. The summed E-state index contributed by atoms with van der Waals surface area (Å²) >= 11 is 0. The Kier molecular flexibility index (Phi) is 8.48. The molecular weight excluding hydrogens is 500 g/mol. The lowest BCUT2D eigenvalue weighted by Gasteiger charge is -2.30. The largest absolute Gasteiger partial charge is 0.344 e. The molecule has 6 nitrogen and oxygen atoms in total. The lowest BCUT2D eigenvalue weighted by molar-refractivity contribution is -0.197. The van der Waals surface area contributed by atoms with Gasteiger partial charge in [0.2, 0.25) is 0 Å². The van der Waals surface area contributed by atoms with Gasteiger partial charge in [-0.2, -0.15) is 0 Å². The minimum atomic E-state index is -0.564. The number of hydroxylamine groups is 2. The highest BCUT2D eigenvalue weighted by atomic mass is 16.7. The second-order valence-corrected chi connectivity index (χ2v) is 11.4.